The van der Waals surface area contributed by atoms with Crippen molar-refractivity contribution in [2.45, 2.75) is 26.1 Å². The summed E-state index contributed by atoms with van der Waals surface area (Å²) in [6, 6.07) is 7.01. The lowest BCUT2D eigenvalue weighted by atomic mass is 10.1. The van der Waals surface area contributed by atoms with E-state index in [9.17, 15) is 36.0 Å². The number of carbonyl (C=O) groups is 1. The molecule has 0 spiro atoms. The van der Waals surface area contributed by atoms with E-state index < -0.39 is 39.2 Å². The predicted octanol–water partition coefficient (Wildman–Crippen LogP) is 4.24. The van der Waals surface area contributed by atoms with Gasteiger partial charge in [0.15, 0.2) is 0 Å². The number of rotatable bonds is 9. The van der Waals surface area contributed by atoms with Gasteiger partial charge in [-0.25, -0.2) is 12.8 Å². The highest BCUT2D eigenvalue weighted by Gasteiger charge is 2.30. The van der Waals surface area contributed by atoms with E-state index in [4.69, 9.17) is 0 Å². The fourth-order valence-electron chi connectivity index (χ4n) is 2.85. The minimum absolute atomic E-state index is 0.179. The molecule has 0 aromatic heterocycles. The summed E-state index contributed by atoms with van der Waals surface area (Å²) >= 11 is 0. The van der Waals surface area contributed by atoms with Crippen molar-refractivity contribution < 1.29 is 30.8 Å². The average molecular weight is 499 g/mol. The van der Waals surface area contributed by atoms with Crippen molar-refractivity contribution in [3.8, 4) is 6.07 Å². The lowest BCUT2D eigenvalue weighted by Gasteiger charge is -2.13. The number of amides is 1. The maximum Gasteiger partial charge on any atom is 0.416 e. The van der Waals surface area contributed by atoms with Crippen LogP contribution in [0.15, 0.2) is 36.4 Å². The van der Waals surface area contributed by atoms with Crippen molar-refractivity contribution in [3.05, 3.63) is 64.5 Å². The molecule has 0 heterocycles. The maximum absolute atomic E-state index is 14.3. The van der Waals surface area contributed by atoms with Gasteiger partial charge in [-0.15, -0.1) is 0 Å². The summed E-state index contributed by atoms with van der Waals surface area (Å²) in [6.45, 7) is 2.11. The van der Waals surface area contributed by atoms with Crippen LogP contribution in [0.5, 0.6) is 0 Å². The number of sulfonamides is 1. The van der Waals surface area contributed by atoms with Gasteiger partial charge in [0.2, 0.25) is 15.9 Å². The highest BCUT2D eigenvalue weighted by molar-refractivity contribution is 7.92. The number of alkyl halides is 3. The average Bonchev–Trinajstić information content (AvgIpc) is 2.75. The molecule has 0 saturated heterocycles. The zero-order valence-corrected chi connectivity index (χ0v) is 19.1. The largest absolute Gasteiger partial charge is 0.416 e. The van der Waals surface area contributed by atoms with Gasteiger partial charge in [-0.05, 0) is 47.9 Å². The second-order valence-corrected chi connectivity index (χ2v) is 9.01. The number of carbonyl (C=O) groups excluding carboxylic acids is 1. The molecule has 0 fully saturated rings. The lowest BCUT2D eigenvalue weighted by molar-refractivity contribution is -0.137. The van der Waals surface area contributed by atoms with Crippen LogP contribution in [0, 0.1) is 17.1 Å². The second kappa shape index (κ2) is 11.0. The van der Waals surface area contributed by atoms with Gasteiger partial charge in [-0.3, -0.25) is 9.52 Å². The Kier molecular flexibility index (Phi) is 8.64. The van der Waals surface area contributed by atoms with Gasteiger partial charge >= 0.3 is 6.18 Å². The summed E-state index contributed by atoms with van der Waals surface area (Å²) in [5.74, 6) is -1.60. The fraction of sp³-hybridized carbons (Fsp3) is 0.273. The van der Waals surface area contributed by atoms with Crippen LogP contribution in [-0.4, -0.2) is 27.1 Å². The number of halogens is 4. The predicted molar refractivity (Wildman–Crippen MR) is 121 cm³/mol. The molecule has 0 aliphatic heterocycles. The molecular weight excluding hydrogens is 476 g/mol. The number of nitrogens with zero attached hydrogens (tertiary/aromatic N) is 1. The van der Waals surface area contributed by atoms with Gasteiger partial charge in [-0.1, -0.05) is 13.0 Å². The van der Waals surface area contributed by atoms with Crippen LogP contribution in [0.4, 0.5) is 28.9 Å². The molecule has 0 unspecified atom stereocenters. The smallest absolute Gasteiger partial charge is 0.385 e. The van der Waals surface area contributed by atoms with Gasteiger partial charge in [0.25, 0.3) is 0 Å². The number of anilines is 2. The standard InChI is InChI=1S/C22H22F4N4O3S/c1-3-8-28-19-11-17(22(24,25)26)6-4-15(19)5-7-20(31)29-13-14-9-16(12-27)21(18(23)10-14)30-34(2,32)33/h4-7,9-11,28,30H,3,8,13H2,1-2H3,(H,29,31)/b7-5+. The maximum atomic E-state index is 14.3. The molecule has 182 valence electrons. The summed E-state index contributed by atoms with van der Waals surface area (Å²) in [4.78, 5) is 12.2. The molecule has 2 aromatic rings. The van der Waals surface area contributed by atoms with Gasteiger partial charge in [0.05, 0.1) is 17.4 Å². The summed E-state index contributed by atoms with van der Waals surface area (Å²) in [6.07, 6.45) is -0.561. The van der Waals surface area contributed by atoms with Crippen molar-refractivity contribution in [3.63, 3.8) is 0 Å². The molecule has 12 heteroatoms. The Balaban J connectivity index is 2.15. The van der Waals surface area contributed by atoms with Crippen LogP contribution >= 0.6 is 0 Å². The van der Waals surface area contributed by atoms with E-state index in [0.717, 1.165) is 30.5 Å². The number of nitrogens with one attached hydrogen (secondary N) is 3. The zero-order valence-electron chi connectivity index (χ0n) is 18.3. The molecule has 0 aliphatic carbocycles. The third-order valence-corrected chi connectivity index (χ3v) is 4.96. The van der Waals surface area contributed by atoms with Crippen LogP contribution in [0.2, 0.25) is 0 Å². The van der Waals surface area contributed by atoms with Gasteiger partial charge in [0.1, 0.15) is 17.6 Å². The SMILES string of the molecule is CCCNc1cc(C(F)(F)F)ccc1/C=C/C(=O)NCc1cc(F)c(NS(C)(=O)=O)c(C#N)c1. The molecule has 3 N–H and O–H groups in total. The van der Waals surface area contributed by atoms with E-state index in [2.05, 4.69) is 10.6 Å². The minimum atomic E-state index is -4.51. The van der Waals surface area contributed by atoms with Gasteiger partial charge in [-0.2, -0.15) is 18.4 Å². The molecule has 1 amide bonds. The first-order chi connectivity index (χ1) is 15.8. The number of hydrogen-bond acceptors (Lipinski definition) is 5. The molecule has 0 bridgehead atoms. The van der Waals surface area contributed by atoms with Crippen LogP contribution in [0.25, 0.3) is 6.08 Å². The Bertz CT molecular complexity index is 1240. The second-order valence-electron chi connectivity index (χ2n) is 7.26. The number of nitriles is 1. The molecule has 0 radical (unpaired) electrons. The molecule has 0 saturated carbocycles. The van der Waals surface area contributed by atoms with Crippen molar-refractivity contribution >= 4 is 33.4 Å². The third kappa shape index (κ3) is 7.77. The third-order valence-electron chi connectivity index (χ3n) is 4.39. The van der Waals surface area contributed by atoms with Crippen molar-refractivity contribution in [2.75, 3.05) is 22.8 Å². The van der Waals surface area contributed by atoms with E-state index in [1.54, 1.807) is 6.07 Å². The van der Waals surface area contributed by atoms with Gasteiger partial charge in [0, 0.05) is 24.9 Å². The van der Waals surface area contributed by atoms with Crippen molar-refractivity contribution in [1.29, 1.82) is 5.26 Å². The number of benzene rings is 2. The Morgan fingerprint density at radius 3 is 2.50 bits per heavy atom. The zero-order chi connectivity index (χ0) is 25.5. The van der Waals surface area contributed by atoms with Gasteiger partial charge < -0.3 is 10.6 Å². The summed E-state index contributed by atoms with van der Waals surface area (Å²) in [7, 11) is -3.81. The Hall–Kier alpha value is -3.59. The Labute approximate surface area is 194 Å². The first-order valence-corrected chi connectivity index (χ1v) is 11.8. The fourth-order valence-corrected chi connectivity index (χ4v) is 3.42. The van der Waals surface area contributed by atoms with E-state index in [1.165, 1.54) is 18.2 Å². The summed E-state index contributed by atoms with van der Waals surface area (Å²) in [5.41, 5.74) is -0.788. The lowest BCUT2D eigenvalue weighted by Crippen LogP contribution is -2.21. The van der Waals surface area contributed by atoms with Crippen molar-refractivity contribution in [1.82, 2.24) is 5.32 Å². The first-order valence-electron chi connectivity index (χ1n) is 9.95. The summed E-state index contributed by atoms with van der Waals surface area (Å²) < 4.78 is 77.9. The molecule has 7 nitrogen and oxygen atoms in total. The Morgan fingerprint density at radius 2 is 1.91 bits per heavy atom. The highest BCUT2D eigenvalue weighted by Crippen LogP contribution is 2.32. The van der Waals surface area contributed by atoms with Crippen LogP contribution in [-0.2, 0) is 27.5 Å². The molecule has 2 aromatic carbocycles. The minimum Gasteiger partial charge on any atom is -0.385 e. The molecule has 34 heavy (non-hydrogen) atoms. The first kappa shape index (κ1) is 26.7. The van der Waals surface area contributed by atoms with Crippen molar-refractivity contribution in [2.24, 2.45) is 0 Å². The summed E-state index contributed by atoms with van der Waals surface area (Å²) in [5, 5.41) is 14.5. The van der Waals surface area contributed by atoms with E-state index in [0.29, 0.717) is 18.5 Å². The molecule has 0 atom stereocenters. The highest BCUT2D eigenvalue weighted by atomic mass is 32.2. The Morgan fingerprint density at radius 1 is 1.21 bits per heavy atom. The van der Waals surface area contributed by atoms with E-state index in [-0.39, 0.29) is 23.4 Å². The van der Waals surface area contributed by atoms with E-state index >= 15 is 0 Å². The van der Waals surface area contributed by atoms with Crippen LogP contribution in [0.1, 0.15) is 35.6 Å². The molecular formula is C22H22F4N4O3S. The topological polar surface area (TPSA) is 111 Å². The van der Waals surface area contributed by atoms with Crippen LogP contribution in [0.3, 0.4) is 0 Å². The normalized spacial score (nSPS) is 11.8. The van der Waals surface area contributed by atoms with E-state index in [1.807, 2.05) is 11.6 Å². The molecule has 0 aliphatic rings. The quantitative estimate of drug-likeness (QED) is 0.354. The number of hydrogen-bond donors (Lipinski definition) is 3. The molecule has 2 rings (SSSR count). The monoisotopic (exact) mass is 498 g/mol. The van der Waals surface area contributed by atoms with Crippen LogP contribution < -0.4 is 15.4 Å².